The van der Waals surface area contributed by atoms with Gasteiger partial charge in [-0.3, -0.25) is 0 Å². The summed E-state index contributed by atoms with van der Waals surface area (Å²) in [5, 5.41) is 11.6. The van der Waals surface area contributed by atoms with E-state index in [9.17, 15) is 9.90 Å². The van der Waals surface area contributed by atoms with Gasteiger partial charge in [-0.25, -0.2) is 4.79 Å². The Bertz CT molecular complexity index is 992. The van der Waals surface area contributed by atoms with Crippen LogP contribution in [-0.2, 0) is 15.1 Å². The Kier molecular flexibility index (Phi) is 1.11. The molecule has 0 aromatic heterocycles. The Labute approximate surface area is 130 Å². The van der Waals surface area contributed by atoms with E-state index in [-0.39, 0.29) is 0 Å². The molecule has 0 unspecified atom stereocenters. The molecule has 0 heterocycles. The first kappa shape index (κ1) is 3.60. The molecule has 0 aliphatic heterocycles. The van der Waals surface area contributed by atoms with Crippen LogP contribution in [-0.4, -0.2) is 18.2 Å². The van der Waals surface area contributed by atoms with Crippen molar-refractivity contribution in [3.63, 3.8) is 0 Å². The highest BCUT2D eigenvalue weighted by Crippen LogP contribution is 2.40. The van der Waals surface area contributed by atoms with Crippen molar-refractivity contribution in [2.45, 2.75) is 37.5 Å². The third-order valence-corrected chi connectivity index (χ3v) is 2.20. The van der Waals surface area contributed by atoms with E-state index >= 15 is 0 Å². The molecule has 3 nitrogen and oxygen atoms in total. The molecule has 18 heavy (non-hydrogen) atoms. The van der Waals surface area contributed by atoms with Crippen LogP contribution in [0.3, 0.4) is 0 Å². The van der Waals surface area contributed by atoms with E-state index in [1.807, 2.05) is 0 Å². The second-order valence-corrected chi connectivity index (χ2v) is 3.20. The average Bonchev–Trinajstić information content (AvgIpc) is 2.73. The molecule has 98 valence electrons. The topological polar surface area (TPSA) is 46.5 Å². The summed E-state index contributed by atoms with van der Waals surface area (Å²) in [4.78, 5) is 12.9. The van der Waals surface area contributed by atoms with Crippen molar-refractivity contribution in [1.82, 2.24) is 0 Å². The van der Waals surface area contributed by atoms with Crippen molar-refractivity contribution in [2.24, 2.45) is 5.89 Å². The van der Waals surface area contributed by atoms with Crippen molar-refractivity contribution in [1.29, 1.82) is 0 Å². The second-order valence-electron chi connectivity index (χ2n) is 3.20. The van der Waals surface area contributed by atoms with E-state index in [1.54, 1.807) is 0 Å². The largest absolute Gasteiger partial charge is 0.467 e. The third-order valence-electron chi connectivity index (χ3n) is 2.20. The Hall–Kier alpha value is -1.35. The standard InChI is InChI=1S/C15H20O3/c1-18-14(16)15(17,12-8-4-2-5-9-12)13-10-6-3-7-11-13/h2,4-5,8-9,13,17H,3,6-7,10-11H2,1H3/t15-/m1/s1/i2D,3D2,4D,5D,6D2,7D2,8D,9D,10D2,11D2,13D. The fraction of sp³-hybridized carbons (Fsp3) is 0.533. The van der Waals surface area contributed by atoms with Gasteiger partial charge in [0.2, 0.25) is 0 Å². The zero-order valence-electron chi connectivity index (χ0n) is 25.3. The Balaban J connectivity index is 3.29. The predicted molar refractivity (Wildman–Crippen MR) is 68.9 cm³/mol. The number of hydrogen-bond acceptors (Lipinski definition) is 3. The first-order valence-electron chi connectivity index (χ1n) is 12.8. The molecule has 1 aliphatic carbocycles. The van der Waals surface area contributed by atoms with E-state index in [0.717, 1.165) is 0 Å². The minimum absolute atomic E-state index is 0.558. The Morgan fingerprint density at radius 3 is 2.61 bits per heavy atom. The lowest BCUT2D eigenvalue weighted by Gasteiger charge is -2.36. The van der Waals surface area contributed by atoms with Crippen molar-refractivity contribution in [2.75, 3.05) is 7.11 Å². The number of aliphatic hydroxyl groups is 1. The molecule has 1 saturated carbocycles. The fourth-order valence-corrected chi connectivity index (χ4v) is 1.34. The molecule has 1 N–H and O–H groups in total. The summed E-state index contributed by atoms with van der Waals surface area (Å²) in [6, 6.07) is -6.22. The molecule has 1 atom stereocenters. The SMILES string of the molecule is [2H]c1c([2H])c([2H])c([C@](O)(C(=O)OC)C2([2H])C([2H])([2H])C([2H])([2H])C([2H])([2H])C([2H])([2H])C2([2H])[2H])c([2H])c1[2H]. The molecular formula is C15H20O3. The molecule has 1 fully saturated rings. The van der Waals surface area contributed by atoms with Crippen LogP contribution in [0.5, 0.6) is 0 Å². The van der Waals surface area contributed by atoms with Crippen molar-refractivity contribution in [3.05, 3.63) is 35.8 Å². The zero-order chi connectivity index (χ0) is 27.2. The Morgan fingerprint density at radius 2 is 2.06 bits per heavy atom. The highest BCUT2D eigenvalue weighted by atomic mass is 16.5. The zero-order valence-corrected chi connectivity index (χ0v) is 9.26. The highest BCUT2D eigenvalue weighted by Gasteiger charge is 2.46. The van der Waals surface area contributed by atoms with Gasteiger partial charge in [-0.2, -0.15) is 0 Å². The van der Waals surface area contributed by atoms with Crippen LogP contribution >= 0.6 is 0 Å². The molecule has 0 spiro atoms. The summed E-state index contributed by atoms with van der Waals surface area (Å²) in [5.74, 6) is -6.59. The van der Waals surface area contributed by atoms with E-state index in [4.69, 9.17) is 21.9 Å². The van der Waals surface area contributed by atoms with E-state index in [1.165, 1.54) is 0 Å². The van der Waals surface area contributed by atoms with E-state index in [0.29, 0.717) is 7.11 Å². The van der Waals surface area contributed by atoms with E-state index < -0.39 is 85.1 Å². The Morgan fingerprint density at radius 1 is 1.44 bits per heavy atom. The van der Waals surface area contributed by atoms with Crippen LogP contribution in [0.2, 0.25) is 0 Å². The highest BCUT2D eigenvalue weighted by molar-refractivity contribution is 5.81. The van der Waals surface area contributed by atoms with Gasteiger partial charge >= 0.3 is 5.97 Å². The first-order chi connectivity index (χ1) is 14.9. The number of rotatable bonds is 3. The first-order valence-corrected chi connectivity index (χ1v) is 4.79. The van der Waals surface area contributed by atoms with Gasteiger partial charge in [-0.15, -0.1) is 0 Å². The molecule has 1 aliphatic rings. The maximum atomic E-state index is 12.9. The molecule has 0 amide bonds. The summed E-state index contributed by atoms with van der Waals surface area (Å²) in [6.07, 6.45) is -20.8. The van der Waals surface area contributed by atoms with Gasteiger partial charge in [0.25, 0.3) is 0 Å². The predicted octanol–water partition coefficient (Wildman–Crippen LogP) is 2.63. The van der Waals surface area contributed by atoms with Crippen molar-refractivity contribution in [3.8, 4) is 0 Å². The summed E-state index contributed by atoms with van der Waals surface area (Å²) < 4.78 is 133. The number of esters is 1. The van der Waals surface area contributed by atoms with Gasteiger partial charge in [0.1, 0.15) is 0 Å². The molecular weight excluding hydrogens is 228 g/mol. The lowest BCUT2D eigenvalue weighted by atomic mass is 9.73. The van der Waals surface area contributed by atoms with Gasteiger partial charge in [-0.1, -0.05) is 49.3 Å². The summed E-state index contributed by atoms with van der Waals surface area (Å²) in [6.45, 7) is 0. The maximum absolute atomic E-state index is 12.9. The molecule has 1 aromatic carbocycles. The number of ether oxygens (including phenoxy) is 1. The van der Waals surface area contributed by atoms with Crippen LogP contribution in [0.25, 0.3) is 0 Å². The summed E-state index contributed by atoms with van der Waals surface area (Å²) >= 11 is 0. The van der Waals surface area contributed by atoms with Gasteiger partial charge in [0, 0.05) is 21.0 Å². The minimum Gasteiger partial charge on any atom is -0.467 e. The molecule has 2 rings (SSSR count). The number of hydrogen-bond donors (Lipinski definition) is 1. The maximum Gasteiger partial charge on any atom is 0.342 e. The van der Waals surface area contributed by atoms with Gasteiger partial charge in [-0.05, 0) is 18.3 Å². The van der Waals surface area contributed by atoms with Gasteiger partial charge in [0.15, 0.2) is 5.60 Å². The van der Waals surface area contributed by atoms with Crippen LogP contribution < -0.4 is 0 Å². The van der Waals surface area contributed by atoms with Crippen LogP contribution in [0.4, 0.5) is 0 Å². The number of benzene rings is 1. The van der Waals surface area contributed by atoms with Crippen molar-refractivity contribution >= 4 is 5.97 Å². The monoisotopic (exact) mass is 264 g/mol. The molecule has 3 heteroatoms. The van der Waals surface area contributed by atoms with Crippen molar-refractivity contribution < 1.29 is 36.6 Å². The number of methoxy groups -OCH3 is 1. The van der Waals surface area contributed by atoms with Crippen LogP contribution in [0.15, 0.2) is 30.2 Å². The third kappa shape index (κ3) is 2.27. The number of carbonyl (C=O) groups is 1. The molecule has 0 bridgehead atoms. The average molecular weight is 264 g/mol. The van der Waals surface area contributed by atoms with E-state index in [2.05, 4.69) is 4.74 Å². The number of carbonyl (C=O) groups excluding carboxylic acids is 1. The summed E-state index contributed by atoms with van der Waals surface area (Å²) in [7, 11) is 0.558. The normalized spacial score (nSPS) is 48.8. The molecule has 0 radical (unpaired) electrons. The van der Waals surface area contributed by atoms with Gasteiger partial charge < -0.3 is 9.84 Å². The minimum atomic E-state index is -4.42. The quantitative estimate of drug-likeness (QED) is 0.854. The molecule has 0 saturated heterocycles. The lowest BCUT2D eigenvalue weighted by molar-refractivity contribution is -0.172. The second kappa shape index (κ2) is 5.53. The van der Waals surface area contributed by atoms with Crippen LogP contribution in [0, 0.1) is 5.89 Å². The van der Waals surface area contributed by atoms with Gasteiger partial charge in [0.05, 0.1) is 14.0 Å². The smallest absolute Gasteiger partial charge is 0.342 e. The molecule has 1 aromatic rings. The lowest BCUT2D eigenvalue weighted by Crippen LogP contribution is -2.44. The fourth-order valence-electron chi connectivity index (χ4n) is 1.34. The summed E-state index contributed by atoms with van der Waals surface area (Å²) in [5.41, 5.74) is -5.85. The van der Waals surface area contributed by atoms with Crippen LogP contribution in [0.1, 0.15) is 59.4 Å².